The Hall–Kier alpha value is -2.89. The maximum Gasteiger partial charge on any atom is 0.315 e. The minimum atomic E-state index is -2.15. The van der Waals surface area contributed by atoms with Gasteiger partial charge < -0.3 is 42.1 Å². The maximum atomic E-state index is 12.9. The molecule has 3 rings (SSSR count). The lowest BCUT2D eigenvalue weighted by Crippen LogP contribution is -2.65. The van der Waals surface area contributed by atoms with Gasteiger partial charge in [0.15, 0.2) is 0 Å². The van der Waals surface area contributed by atoms with E-state index in [-0.39, 0.29) is 24.6 Å². The van der Waals surface area contributed by atoms with Gasteiger partial charge in [0.1, 0.15) is 23.5 Å². The highest BCUT2D eigenvalue weighted by Gasteiger charge is 2.49. The van der Waals surface area contributed by atoms with Crippen molar-refractivity contribution in [2.75, 3.05) is 0 Å². The van der Waals surface area contributed by atoms with Gasteiger partial charge in [0.25, 0.3) is 5.91 Å². The molecule has 0 radical (unpaired) electrons. The molecule has 2 fully saturated rings. The largest absolute Gasteiger partial charge is 0.508 e. The summed E-state index contributed by atoms with van der Waals surface area (Å²) in [5, 5.41) is 48.9. The van der Waals surface area contributed by atoms with Crippen LogP contribution < -0.4 is 21.7 Å². The fraction of sp³-hybridized carbons (Fsp3) is 0.609. The van der Waals surface area contributed by atoms with Crippen molar-refractivity contribution < 1.29 is 34.8 Å². The minimum Gasteiger partial charge on any atom is -0.508 e. The first-order valence-corrected chi connectivity index (χ1v) is 11.6. The number of hydrogen-bond acceptors (Lipinski definition) is 7. The predicted octanol–water partition coefficient (Wildman–Crippen LogP) is -0.848. The molecule has 2 aliphatic carbocycles. The van der Waals surface area contributed by atoms with Gasteiger partial charge in [-0.1, -0.05) is 31.4 Å². The van der Waals surface area contributed by atoms with Crippen LogP contribution in [0.25, 0.3) is 0 Å². The summed E-state index contributed by atoms with van der Waals surface area (Å²) in [5.74, 6) is -1.73. The molecule has 0 saturated heterocycles. The highest BCUT2D eigenvalue weighted by Crippen LogP contribution is 2.30. The highest BCUT2D eigenvalue weighted by molar-refractivity contribution is 5.91. The van der Waals surface area contributed by atoms with Gasteiger partial charge in [-0.2, -0.15) is 0 Å². The van der Waals surface area contributed by atoms with Crippen molar-refractivity contribution in [3.63, 3.8) is 0 Å². The summed E-state index contributed by atoms with van der Waals surface area (Å²) in [5.41, 5.74) is 3.90. The third kappa shape index (κ3) is 6.58. The van der Waals surface area contributed by atoms with E-state index in [1.54, 1.807) is 12.1 Å². The monoisotopic (exact) mass is 478 g/mol. The summed E-state index contributed by atoms with van der Waals surface area (Å²) >= 11 is 0. The van der Waals surface area contributed by atoms with Crippen LogP contribution in [0.4, 0.5) is 4.79 Å². The quantitative estimate of drug-likeness (QED) is 0.250. The number of primary amides is 1. The molecule has 34 heavy (non-hydrogen) atoms. The van der Waals surface area contributed by atoms with Crippen LogP contribution in [-0.2, 0) is 16.0 Å². The van der Waals surface area contributed by atoms with Crippen LogP contribution in [0.5, 0.6) is 5.75 Å². The standard InChI is InChI=1S/C23H34N4O7/c24-20(31)16(10-13-6-8-15(28)9-7-13)26-21(32)23(34)11-17(19(30)18(29)12-23)27-22(33)25-14-4-2-1-3-5-14/h6-9,14,16-19,28-30,34H,1-5,10-12H2,(H2,24,31)(H,26,32)(H2,25,27,33)/t16-,17-,18+,19+,23-/m0/s1. The van der Waals surface area contributed by atoms with E-state index in [4.69, 9.17) is 5.73 Å². The molecule has 5 atom stereocenters. The van der Waals surface area contributed by atoms with Gasteiger partial charge in [0.05, 0.1) is 12.1 Å². The molecule has 0 aliphatic heterocycles. The Kier molecular flexibility index (Phi) is 8.34. The molecule has 188 valence electrons. The molecule has 9 N–H and O–H groups in total. The molecule has 0 unspecified atom stereocenters. The summed E-state index contributed by atoms with van der Waals surface area (Å²) in [6.07, 6.45) is 1.18. The number of nitrogens with one attached hydrogen (secondary N) is 3. The molecule has 2 aliphatic rings. The number of carbonyl (C=O) groups excluding carboxylic acids is 3. The Labute approximate surface area is 197 Å². The first kappa shape index (κ1) is 25.7. The van der Waals surface area contributed by atoms with E-state index in [2.05, 4.69) is 16.0 Å². The molecule has 1 aromatic rings. The van der Waals surface area contributed by atoms with Crippen molar-refractivity contribution in [3.05, 3.63) is 29.8 Å². The smallest absolute Gasteiger partial charge is 0.315 e. The number of phenolic OH excluding ortho intramolecular Hbond substituents is 1. The number of nitrogens with two attached hydrogens (primary N) is 1. The van der Waals surface area contributed by atoms with Crippen molar-refractivity contribution in [1.29, 1.82) is 0 Å². The van der Waals surface area contributed by atoms with Crippen LogP contribution >= 0.6 is 0 Å². The van der Waals surface area contributed by atoms with E-state index in [1.165, 1.54) is 12.1 Å². The second kappa shape index (κ2) is 11.0. The number of aliphatic hydroxyl groups excluding tert-OH is 2. The average molecular weight is 479 g/mol. The molecular weight excluding hydrogens is 444 g/mol. The lowest BCUT2D eigenvalue weighted by molar-refractivity contribution is -0.158. The summed E-state index contributed by atoms with van der Waals surface area (Å²) in [4.78, 5) is 37.3. The van der Waals surface area contributed by atoms with Crippen molar-refractivity contribution in [3.8, 4) is 5.75 Å². The summed E-state index contributed by atoms with van der Waals surface area (Å²) < 4.78 is 0. The number of urea groups is 1. The maximum absolute atomic E-state index is 12.9. The van der Waals surface area contributed by atoms with Crippen LogP contribution in [0.2, 0.25) is 0 Å². The third-order valence-electron chi connectivity index (χ3n) is 6.62. The van der Waals surface area contributed by atoms with Crippen LogP contribution in [0.1, 0.15) is 50.5 Å². The Morgan fingerprint density at radius 2 is 1.68 bits per heavy atom. The van der Waals surface area contributed by atoms with E-state index in [9.17, 15) is 34.8 Å². The lowest BCUT2D eigenvalue weighted by atomic mass is 9.77. The Morgan fingerprint density at radius 3 is 2.29 bits per heavy atom. The third-order valence-corrected chi connectivity index (χ3v) is 6.62. The molecule has 0 aromatic heterocycles. The number of carbonyl (C=O) groups is 3. The minimum absolute atomic E-state index is 0.0119. The summed E-state index contributed by atoms with van der Waals surface area (Å²) in [6, 6.07) is 3.20. The number of hydrogen-bond donors (Lipinski definition) is 8. The number of aromatic hydroxyl groups is 1. The fourth-order valence-corrected chi connectivity index (χ4v) is 4.65. The molecule has 0 spiro atoms. The molecule has 1 aromatic carbocycles. The van der Waals surface area contributed by atoms with Crippen LogP contribution in [-0.4, -0.2) is 74.2 Å². The predicted molar refractivity (Wildman–Crippen MR) is 121 cm³/mol. The number of benzene rings is 1. The number of aliphatic hydroxyl groups is 3. The molecule has 11 heteroatoms. The second-order valence-corrected chi connectivity index (χ2v) is 9.36. The van der Waals surface area contributed by atoms with Gasteiger partial charge in [0, 0.05) is 25.3 Å². The van der Waals surface area contributed by atoms with Gasteiger partial charge in [-0.05, 0) is 30.5 Å². The summed E-state index contributed by atoms with van der Waals surface area (Å²) in [6.45, 7) is 0. The zero-order valence-corrected chi connectivity index (χ0v) is 18.9. The molecule has 0 bridgehead atoms. The molecule has 2 saturated carbocycles. The Morgan fingerprint density at radius 1 is 1.03 bits per heavy atom. The number of rotatable bonds is 7. The van der Waals surface area contributed by atoms with Crippen LogP contribution in [0.3, 0.4) is 0 Å². The topological polar surface area (TPSA) is 194 Å². The Bertz CT molecular complexity index is 875. The van der Waals surface area contributed by atoms with Crippen molar-refractivity contribution in [2.24, 2.45) is 5.73 Å². The van der Waals surface area contributed by atoms with E-state index < -0.39 is 54.2 Å². The van der Waals surface area contributed by atoms with Gasteiger partial charge >= 0.3 is 6.03 Å². The zero-order chi connectivity index (χ0) is 24.9. The fourth-order valence-electron chi connectivity index (χ4n) is 4.65. The normalized spacial score (nSPS) is 28.5. The first-order chi connectivity index (χ1) is 16.1. The molecule has 11 nitrogen and oxygen atoms in total. The average Bonchev–Trinajstić information content (AvgIpc) is 2.78. The van der Waals surface area contributed by atoms with E-state index in [0.29, 0.717) is 5.56 Å². The molecular formula is C23H34N4O7. The van der Waals surface area contributed by atoms with Gasteiger partial charge in [0.2, 0.25) is 5.91 Å². The lowest BCUT2D eigenvalue weighted by Gasteiger charge is -2.42. The van der Waals surface area contributed by atoms with Crippen molar-refractivity contribution >= 4 is 17.8 Å². The second-order valence-electron chi connectivity index (χ2n) is 9.36. The number of amides is 4. The van der Waals surface area contributed by atoms with Crippen molar-refractivity contribution in [1.82, 2.24) is 16.0 Å². The SMILES string of the molecule is NC(=O)[C@H](Cc1ccc(O)cc1)NC(=O)[C@@]1(O)C[C@@H](O)[C@H](O)[C@@H](NC(=O)NC2CCCCC2)C1. The van der Waals surface area contributed by atoms with Gasteiger partial charge in [-0.25, -0.2) is 4.79 Å². The zero-order valence-electron chi connectivity index (χ0n) is 18.9. The number of phenols is 1. The molecule has 0 heterocycles. The Balaban J connectivity index is 1.64. The summed E-state index contributed by atoms with van der Waals surface area (Å²) in [7, 11) is 0. The van der Waals surface area contributed by atoms with Gasteiger partial charge in [-0.3, -0.25) is 9.59 Å². The van der Waals surface area contributed by atoms with E-state index >= 15 is 0 Å². The van der Waals surface area contributed by atoms with Crippen LogP contribution in [0.15, 0.2) is 24.3 Å². The van der Waals surface area contributed by atoms with Crippen LogP contribution in [0, 0.1) is 0 Å². The first-order valence-electron chi connectivity index (χ1n) is 11.6. The highest BCUT2D eigenvalue weighted by atomic mass is 16.3. The van der Waals surface area contributed by atoms with Crippen molar-refractivity contribution in [2.45, 2.75) is 87.3 Å². The van der Waals surface area contributed by atoms with Gasteiger partial charge in [-0.15, -0.1) is 0 Å². The van der Waals surface area contributed by atoms with E-state index in [1.807, 2.05) is 0 Å². The van der Waals surface area contributed by atoms with E-state index in [0.717, 1.165) is 32.1 Å². The molecule has 4 amide bonds.